The lowest BCUT2D eigenvalue weighted by Crippen LogP contribution is -1.99. The first-order valence-corrected chi connectivity index (χ1v) is 8.57. The molecule has 0 saturated carbocycles. The van der Waals surface area contributed by atoms with Gasteiger partial charge in [0.2, 0.25) is 0 Å². The van der Waals surface area contributed by atoms with Gasteiger partial charge >= 0.3 is 7.60 Å². The summed E-state index contributed by atoms with van der Waals surface area (Å²) >= 11 is 11.9. The maximum absolute atomic E-state index is 10.6. The molecule has 1 aromatic rings. The highest BCUT2D eigenvalue weighted by Crippen LogP contribution is 2.35. The van der Waals surface area contributed by atoms with Gasteiger partial charge in [-0.25, -0.2) is 0 Å². The van der Waals surface area contributed by atoms with E-state index in [1.165, 1.54) is 0 Å². The number of para-hydroxylation sites is 1. The van der Waals surface area contributed by atoms with Crippen LogP contribution in [0.25, 0.3) is 0 Å². The van der Waals surface area contributed by atoms with Crippen LogP contribution in [-0.4, -0.2) is 22.6 Å². The Kier molecular flexibility index (Phi) is 7.19. The highest BCUT2D eigenvalue weighted by molar-refractivity contribution is 7.51. The van der Waals surface area contributed by atoms with Gasteiger partial charge in [0, 0.05) is 6.16 Å². The fraction of sp³-hybridized carbons (Fsp3) is 0.500. The number of unbranched alkanes of at least 4 members (excludes halogenated alkanes) is 3. The van der Waals surface area contributed by atoms with Crippen molar-refractivity contribution >= 4 is 30.8 Å². The van der Waals surface area contributed by atoms with Crippen molar-refractivity contribution < 1.29 is 19.1 Å². The van der Waals surface area contributed by atoms with Gasteiger partial charge in [-0.15, -0.1) is 0 Å². The van der Waals surface area contributed by atoms with Gasteiger partial charge in [0.25, 0.3) is 0 Å². The molecule has 0 unspecified atom stereocenters. The standard InChI is InChI=1S/C12H17Cl2O4P/c13-10-6-5-7-11(14)12(10)18-8-3-1-2-4-9-19(15,16)17/h5-7H,1-4,8-9H2,(H2,15,16,17). The van der Waals surface area contributed by atoms with E-state index in [2.05, 4.69) is 0 Å². The average molecular weight is 327 g/mol. The lowest BCUT2D eigenvalue weighted by atomic mass is 10.2. The Morgan fingerprint density at radius 3 is 2.21 bits per heavy atom. The monoisotopic (exact) mass is 326 g/mol. The zero-order valence-electron chi connectivity index (χ0n) is 10.4. The Morgan fingerprint density at radius 2 is 1.63 bits per heavy atom. The van der Waals surface area contributed by atoms with Crippen LogP contribution in [0.1, 0.15) is 25.7 Å². The van der Waals surface area contributed by atoms with Crippen LogP contribution >= 0.6 is 30.8 Å². The molecule has 0 spiro atoms. The molecular weight excluding hydrogens is 310 g/mol. The Labute approximate surface area is 122 Å². The second-order valence-electron chi connectivity index (χ2n) is 4.20. The largest absolute Gasteiger partial charge is 0.490 e. The second kappa shape index (κ2) is 8.13. The first kappa shape index (κ1) is 16.8. The summed E-state index contributed by atoms with van der Waals surface area (Å²) < 4.78 is 16.1. The summed E-state index contributed by atoms with van der Waals surface area (Å²) in [6, 6.07) is 5.17. The molecule has 0 aliphatic carbocycles. The minimum absolute atomic E-state index is 0.0514. The number of ether oxygens (including phenoxy) is 1. The minimum atomic E-state index is -3.85. The maximum atomic E-state index is 10.6. The van der Waals surface area contributed by atoms with Crippen LogP contribution in [0.3, 0.4) is 0 Å². The van der Waals surface area contributed by atoms with Crippen molar-refractivity contribution in [3.63, 3.8) is 0 Å². The van der Waals surface area contributed by atoms with Gasteiger partial charge in [-0.1, -0.05) is 42.1 Å². The molecule has 0 radical (unpaired) electrons. The summed E-state index contributed by atoms with van der Waals surface area (Å²) in [5.74, 6) is 0.487. The van der Waals surface area contributed by atoms with Gasteiger partial charge in [-0.2, -0.15) is 0 Å². The zero-order valence-corrected chi connectivity index (χ0v) is 12.8. The number of halogens is 2. The first-order chi connectivity index (χ1) is 8.90. The molecule has 1 rings (SSSR count). The third kappa shape index (κ3) is 7.19. The van der Waals surface area contributed by atoms with E-state index in [9.17, 15) is 4.57 Å². The van der Waals surface area contributed by atoms with Crippen molar-refractivity contribution in [1.29, 1.82) is 0 Å². The van der Waals surface area contributed by atoms with E-state index in [4.69, 9.17) is 37.7 Å². The van der Waals surface area contributed by atoms with Crippen LogP contribution in [0.4, 0.5) is 0 Å². The summed E-state index contributed by atoms with van der Waals surface area (Å²) in [7, 11) is -3.85. The molecule has 108 valence electrons. The molecule has 1 aromatic carbocycles. The van der Waals surface area contributed by atoms with Crippen LogP contribution in [-0.2, 0) is 4.57 Å². The van der Waals surface area contributed by atoms with Crippen LogP contribution in [0.15, 0.2) is 18.2 Å². The van der Waals surface area contributed by atoms with Crippen molar-refractivity contribution in [3.8, 4) is 5.75 Å². The molecule has 0 aromatic heterocycles. The van der Waals surface area contributed by atoms with Crippen LogP contribution in [0, 0.1) is 0 Å². The van der Waals surface area contributed by atoms with Gasteiger partial charge in [-0.3, -0.25) is 4.57 Å². The molecule has 2 N–H and O–H groups in total. The highest BCUT2D eigenvalue weighted by atomic mass is 35.5. The van der Waals surface area contributed by atoms with E-state index in [0.717, 1.165) is 19.3 Å². The fourth-order valence-electron chi connectivity index (χ4n) is 1.57. The first-order valence-electron chi connectivity index (χ1n) is 6.01. The second-order valence-corrected chi connectivity index (χ2v) is 6.79. The Morgan fingerprint density at radius 1 is 1.05 bits per heavy atom. The maximum Gasteiger partial charge on any atom is 0.325 e. The summed E-state index contributed by atoms with van der Waals surface area (Å²) in [6.07, 6.45) is 2.89. The van der Waals surface area contributed by atoms with Gasteiger partial charge < -0.3 is 14.5 Å². The quantitative estimate of drug-likeness (QED) is 0.557. The molecule has 0 aliphatic rings. The average Bonchev–Trinajstić information content (AvgIpc) is 2.29. The summed E-state index contributed by atoms with van der Waals surface area (Å²) in [6.45, 7) is 0.485. The molecule has 0 saturated heterocycles. The number of hydrogen-bond acceptors (Lipinski definition) is 2. The molecule has 0 bridgehead atoms. The number of rotatable bonds is 8. The molecule has 4 nitrogen and oxygen atoms in total. The lowest BCUT2D eigenvalue weighted by Gasteiger charge is -2.09. The van der Waals surface area contributed by atoms with E-state index in [1.54, 1.807) is 18.2 Å². The summed E-state index contributed by atoms with van der Waals surface area (Å²) in [5, 5.41) is 0.961. The third-order valence-corrected chi connectivity index (χ3v) is 4.00. The van der Waals surface area contributed by atoms with Crippen LogP contribution in [0.5, 0.6) is 5.75 Å². The predicted molar refractivity (Wildman–Crippen MR) is 77.3 cm³/mol. The fourth-order valence-corrected chi connectivity index (χ4v) is 2.71. The Balaban J connectivity index is 2.16. The molecular formula is C12H17Cl2O4P. The van der Waals surface area contributed by atoms with E-state index in [0.29, 0.717) is 28.8 Å². The van der Waals surface area contributed by atoms with Gasteiger partial charge in [0.15, 0.2) is 5.75 Å². The Hall–Kier alpha value is -0.250. The van der Waals surface area contributed by atoms with Crippen LogP contribution < -0.4 is 4.74 Å². The predicted octanol–water partition coefficient (Wildman–Crippen LogP) is 4.11. The Bertz CT molecular complexity index is 427. The third-order valence-electron chi connectivity index (χ3n) is 2.51. The molecule has 0 fully saturated rings. The van der Waals surface area contributed by atoms with E-state index < -0.39 is 7.60 Å². The zero-order chi connectivity index (χ0) is 14.3. The highest BCUT2D eigenvalue weighted by Gasteiger charge is 2.11. The minimum Gasteiger partial charge on any atom is -0.490 e. The van der Waals surface area contributed by atoms with Gasteiger partial charge in [-0.05, 0) is 25.0 Å². The molecule has 0 aliphatic heterocycles. The summed E-state index contributed by atoms with van der Waals surface area (Å²) in [5.41, 5.74) is 0. The van der Waals surface area contributed by atoms with E-state index in [1.807, 2.05) is 0 Å². The smallest absolute Gasteiger partial charge is 0.325 e. The molecule has 19 heavy (non-hydrogen) atoms. The van der Waals surface area contributed by atoms with Crippen molar-refractivity contribution in [2.75, 3.05) is 12.8 Å². The van der Waals surface area contributed by atoms with Gasteiger partial charge in [0.05, 0.1) is 16.7 Å². The molecule has 0 atom stereocenters. The molecule has 0 heterocycles. The van der Waals surface area contributed by atoms with Crippen molar-refractivity contribution in [3.05, 3.63) is 28.2 Å². The normalized spacial score (nSPS) is 11.6. The number of hydrogen-bond donors (Lipinski definition) is 2. The topological polar surface area (TPSA) is 66.8 Å². The van der Waals surface area contributed by atoms with E-state index >= 15 is 0 Å². The summed E-state index contributed by atoms with van der Waals surface area (Å²) in [4.78, 5) is 17.4. The SMILES string of the molecule is O=P(O)(O)CCCCCCOc1c(Cl)cccc1Cl. The van der Waals surface area contributed by atoms with Crippen LogP contribution in [0.2, 0.25) is 10.0 Å². The van der Waals surface area contributed by atoms with Crippen molar-refractivity contribution in [2.45, 2.75) is 25.7 Å². The van der Waals surface area contributed by atoms with Gasteiger partial charge in [0.1, 0.15) is 0 Å². The van der Waals surface area contributed by atoms with E-state index in [-0.39, 0.29) is 6.16 Å². The van der Waals surface area contributed by atoms with Crippen molar-refractivity contribution in [1.82, 2.24) is 0 Å². The lowest BCUT2D eigenvalue weighted by molar-refractivity contribution is 0.305. The van der Waals surface area contributed by atoms with Crippen molar-refractivity contribution in [2.24, 2.45) is 0 Å². The molecule has 0 amide bonds. The molecule has 7 heteroatoms. The number of benzene rings is 1.